The summed E-state index contributed by atoms with van der Waals surface area (Å²) < 4.78 is 4.95. The van der Waals surface area contributed by atoms with Crippen LogP contribution in [-0.4, -0.2) is 23.3 Å². The summed E-state index contributed by atoms with van der Waals surface area (Å²) in [6, 6.07) is 8.76. The highest BCUT2D eigenvalue weighted by Crippen LogP contribution is 2.08. The minimum Gasteiger partial charge on any atom is -0.410 e. The zero-order chi connectivity index (χ0) is 11.3. The standard InChI is InChI=1S/C11H15NO3/c1-11(2,14)8-12-10(13)15-9-6-4-3-5-7-9/h3-7,14H,8H2,1-2H3,(H,12,13). The van der Waals surface area contributed by atoms with E-state index < -0.39 is 11.7 Å². The summed E-state index contributed by atoms with van der Waals surface area (Å²) in [6.45, 7) is 3.37. The van der Waals surface area contributed by atoms with Gasteiger partial charge < -0.3 is 15.2 Å². The smallest absolute Gasteiger partial charge is 0.410 e. The zero-order valence-corrected chi connectivity index (χ0v) is 8.86. The average molecular weight is 209 g/mol. The Labute approximate surface area is 88.9 Å². The van der Waals surface area contributed by atoms with E-state index in [0.717, 1.165) is 0 Å². The first kappa shape index (κ1) is 11.5. The van der Waals surface area contributed by atoms with Crippen LogP contribution in [0.15, 0.2) is 30.3 Å². The van der Waals surface area contributed by atoms with Crippen LogP contribution in [-0.2, 0) is 0 Å². The summed E-state index contributed by atoms with van der Waals surface area (Å²) in [5.74, 6) is 0.478. The van der Waals surface area contributed by atoms with E-state index in [2.05, 4.69) is 5.32 Å². The number of carbonyl (C=O) groups excluding carboxylic acids is 1. The summed E-state index contributed by atoms with van der Waals surface area (Å²) >= 11 is 0. The van der Waals surface area contributed by atoms with Gasteiger partial charge in [-0.05, 0) is 26.0 Å². The molecule has 1 amide bonds. The molecule has 4 nitrogen and oxygen atoms in total. The Bertz CT molecular complexity index is 316. The summed E-state index contributed by atoms with van der Waals surface area (Å²) in [5.41, 5.74) is -0.935. The number of hydrogen-bond acceptors (Lipinski definition) is 3. The molecular weight excluding hydrogens is 194 g/mol. The minimum absolute atomic E-state index is 0.151. The third-order valence-electron chi connectivity index (χ3n) is 1.62. The summed E-state index contributed by atoms with van der Waals surface area (Å²) in [5, 5.41) is 11.8. The molecule has 0 unspecified atom stereocenters. The van der Waals surface area contributed by atoms with Crippen molar-refractivity contribution in [2.45, 2.75) is 19.4 Å². The topological polar surface area (TPSA) is 58.6 Å². The Hall–Kier alpha value is -1.55. The van der Waals surface area contributed by atoms with Crippen LogP contribution in [0.5, 0.6) is 5.75 Å². The van der Waals surface area contributed by atoms with Crippen molar-refractivity contribution in [2.24, 2.45) is 0 Å². The Morgan fingerprint density at radius 1 is 1.40 bits per heavy atom. The SMILES string of the molecule is CC(C)(O)CNC(=O)Oc1ccccc1. The van der Waals surface area contributed by atoms with Crippen LogP contribution in [0.3, 0.4) is 0 Å². The first-order chi connectivity index (χ1) is 6.97. The van der Waals surface area contributed by atoms with Gasteiger partial charge >= 0.3 is 6.09 Å². The number of benzene rings is 1. The molecule has 0 aromatic heterocycles. The Morgan fingerprint density at radius 2 is 2.00 bits per heavy atom. The molecule has 1 aromatic carbocycles. The van der Waals surface area contributed by atoms with Crippen molar-refractivity contribution in [3.05, 3.63) is 30.3 Å². The molecule has 82 valence electrons. The van der Waals surface area contributed by atoms with Crippen molar-refractivity contribution in [1.29, 1.82) is 0 Å². The molecule has 0 atom stereocenters. The largest absolute Gasteiger partial charge is 0.412 e. The van der Waals surface area contributed by atoms with Gasteiger partial charge in [-0.25, -0.2) is 4.79 Å². The molecule has 0 aliphatic carbocycles. The summed E-state index contributed by atoms with van der Waals surface area (Å²) in [4.78, 5) is 11.2. The van der Waals surface area contributed by atoms with Crippen LogP contribution in [0.25, 0.3) is 0 Å². The number of para-hydroxylation sites is 1. The van der Waals surface area contributed by atoms with Gasteiger partial charge in [-0.3, -0.25) is 0 Å². The summed E-state index contributed by atoms with van der Waals surface area (Å²) in [7, 11) is 0. The van der Waals surface area contributed by atoms with Crippen molar-refractivity contribution in [3.63, 3.8) is 0 Å². The van der Waals surface area contributed by atoms with Crippen LogP contribution < -0.4 is 10.1 Å². The van der Waals surface area contributed by atoms with Crippen LogP contribution in [0.4, 0.5) is 4.79 Å². The maximum atomic E-state index is 11.2. The highest BCUT2D eigenvalue weighted by molar-refractivity contribution is 5.70. The van der Waals surface area contributed by atoms with Crippen LogP contribution in [0.2, 0.25) is 0 Å². The number of rotatable bonds is 3. The highest BCUT2D eigenvalue weighted by Gasteiger charge is 2.14. The lowest BCUT2D eigenvalue weighted by Crippen LogP contribution is -2.39. The van der Waals surface area contributed by atoms with Crippen molar-refractivity contribution >= 4 is 6.09 Å². The predicted molar refractivity (Wildman–Crippen MR) is 56.8 cm³/mol. The van der Waals surface area contributed by atoms with E-state index in [-0.39, 0.29) is 6.54 Å². The fourth-order valence-corrected chi connectivity index (χ4v) is 0.920. The van der Waals surface area contributed by atoms with Crippen molar-refractivity contribution < 1.29 is 14.6 Å². The second-order valence-corrected chi connectivity index (χ2v) is 3.87. The molecule has 1 aromatic rings. The average Bonchev–Trinajstić information content (AvgIpc) is 2.15. The van der Waals surface area contributed by atoms with E-state index in [4.69, 9.17) is 4.74 Å². The monoisotopic (exact) mass is 209 g/mol. The van der Waals surface area contributed by atoms with Gasteiger partial charge in [0.15, 0.2) is 0 Å². The van der Waals surface area contributed by atoms with Gasteiger partial charge in [0.1, 0.15) is 5.75 Å². The van der Waals surface area contributed by atoms with E-state index in [1.165, 1.54) is 0 Å². The number of hydrogen-bond donors (Lipinski definition) is 2. The molecule has 0 aliphatic heterocycles. The molecule has 0 saturated carbocycles. The Morgan fingerprint density at radius 3 is 2.53 bits per heavy atom. The van der Waals surface area contributed by atoms with Crippen LogP contribution in [0.1, 0.15) is 13.8 Å². The molecule has 4 heteroatoms. The number of nitrogens with one attached hydrogen (secondary N) is 1. The van der Waals surface area contributed by atoms with E-state index in [1.54, 1.807) is 38.1 Å². The minimum atomic E-state index is -0.935. The van der Waals surface area contributed by atoms with Gasteiger partial charge in [-0.15, -0.1) is 0 Å². The molecule has 0 aliphatic rings. The molecule has 0 fully saturated rings. The first-order valence-electron chi connectivity index (χ1n) is 4.70. The van der Waals surface area contributed by atoms with E-state index in [1.807, 2.05) is 6.07 Å². The number of amides is 1. The lowest BCUT2D eigenvalue weighted by atomic mass is 10.1. The first-order valence-corrected chi connectivity index (χ1v) is 4.70. The maximum absolute atomic E-state index is 11.2. The fraction of sp³-hybridized carbons (Fsp3) is 0.364. The second kappa shape index (κ2) is 4.79. The molecule has 0 bridgehead atoms. The van der Waals surface area contributed by atoms with Crippen molar-refractivity contribution in [1.82, 2.24) is 5.32 Å². The Kier molecular flexibility index (Phi) is 3.68. The van der Waals surface area contributed by atoms with Gasteiger partial charge in [0.05, 0.1) is 5.60 Å². The third-order valence-corrected chi connectivity index (χ3v) is 1.62. The normalized spacial score (nSPS) is 10.9. The van der Waals surface area contributed by atoms with Crippen LogP contribution in [0, 0.1) is 0 Å². The van der Waals surface area contributed by atoms with E-state index in [0.29, 0.717) is 5.75 Å². The van der Waals surface area contributed by atoms with Gasteiger partial charge in [0.25, 0.3) is 0 Å². The quantitative estimate of drug-likeness (QED) is 0.794. The predicted octanol–water partition coefficient (Wildman–Crippen LogP) is 1.55. The Balaban J connectivity index is 2.38. The van der Waals surface area contributed by atoms with E-state index >= 15 is 0 Å². The van der Waals surface area contributed by atoms with Gasteiger partial charge in [0, 0.05) is 6.54 Å². The zero-order valence-electron chi connectivity index (χ0n) is 8.86. The fourth-order valence-electron chi connectivity index (χ4n) is 0.920. The lowest BCUT2D eigenvalue weighted by Gasteiger charge is -2.17. The van der Waals surface area contributed by atoms with Crippen LogP contribution >= 0.6 is 0 Å². The van der Waals surface area contributed by atoms with Crippen molar-refractivity contribution in [2.75, 3.05) is 6.54 Å². The lowest BCUT2D eigenvalue weighted by molar-refractivity contribution is 0.0791. The third kappa shape index (κ3) is 5.02. The van der Waals surface area contributed by atoms with E-state index in [9.17, 15) is 9.90 Å². The molecule has 2 N–H and O–H groups in total. The highest BCUT2D eigenvalue weighted by atomic mass is 16.6. The molecule has 0 spiro atoms. The maximum Gasteiger partial charge on any atom is 0.412 e. The molecule has 15 heavy (non-hydrogen) atoms. The molecule has 0 heterocycles. The number of carbonyl (C=O) groups is 1. The number of aliphatic hydroxyl groups is 1. The molecular formula is C11H15NO3. The van der Waals surface area contributed by atoms with Gasteiger partial charge in [-0.2, -0.15) is 0 Å². The van der Waals surface area contributed by atoms with Gasteiger partial charge in [0.2, 0.25) is 0 Å². The molecule has 0 saturated heterocycles. The number of ether oxygens (including phenoxy) is 1. The van der Waals surface area contributed by atoms with Crippen molar-refractivity contribution in [3.8, 4) is 5.75 Å². The second-order valence-electron chi connectivity index (χ2n) is 3.87. The summed E-state index contributed by atoms with van der Waals surface area (Å²) in [6.07, 6.45) is -0.566. The molecule has 0 radical (unpaired) electrons. The molecule has 1 rings (SSSR count). The van der Waals surface area contributed by atoms with Gasteiger partial charge in [-0.1, -0.05) is 18.2 Å².